The van der Waals surface area contributed by atoms with Crippen LogP contribution in [0.5, 0.6) is 0 Å². The van der Waals surface area contributed by atoms with Gasteiger partial charge in [0, 0.05) is 22.7 Å². The van der Waals surface area contributed by atoms with Crippen LogP contribution in [0.4, 0.5) is 16.2 Å². The van der Waals surface area contributed by atoms with E-state index in [9.17, 15) is 14.4 Å². The van der Waals surface area contributed by atoms with Crippen LogP contribution in [0, 0.1) is 13.8 Å². The van der Waals surface area contributed by atoms with Crippen molar-refractivity contribution in [3.05, 3.63) is 59.2 Å². The third kappa shape index (κ3) is 6.03. The Morgan fingerprint density at radius 3 is 2.41 bits per heavy atom. The van der Waals surface area contributed by atoms with E-state index in [1.165, 1.54) is 11.8 Å². The van der Waals surface area contributed by atoms with Crippen LogP contribution in [0.15, 0.2) is 42.5 Å². The highest BCUT2D eigenvalue weighted by molar-refractivity contribution is 7.99. The van der Waals surface area contributed by atoms with Gasteiger partial charge in [0.25, 0.3) is 5.91 Å². The van der Waals surface area contributed by atoms with Gasteiger partial charge < -0.3 is 15.0 Å². The Morgan fingerprint density at radius 2 is 1.72 bits per heavy atom. The van der Waals surface area contributed by atoms with E-state index in [-0.39, 0.29) is 11.8 Å². The molecule has 0 saturated carbocycles. The largest absolute Gasteiger partial charge is 0.444 e. The van der Waals surface area contributed by atoms with Gasteiger partial charge in [-0.2, -0.15) is 0 Å². The second kappa shape index (κ2) is 9.65. The first-order chi connectivity index (χ1) is 15.0. The Balaban J connectivity index is 1.70. The van der Waals surface area contributed by atoms with E-state index < -0.39 is 17.7 Å². The maximum absolute atomic E-state index is 13.2. The molecule has 8 heteroatoms. The number of ether oxygens (including phenoxy) is 1. The molecule has 0 aliphatic carbocycles. The normalized spacial score (nSPS) is 15.9. The number of amides is 3. The average molecular weight is 456 g/mol. The lowest BCUT2D eigenvalue weighted by molar-refractivity contribution is -0.119. The third-order valence-corrected chi connectivity index (χ3v) is 5.99. The highest BCUT2D eigenvalue weighted by atomic mass is 32.2. The van der Waals surface area contributed by atoms with Crippen molar-refractivity contribution in [2.45, 2.75) is 46.3 Å². The second-order valence-corrected chi connectivity index (χ2v) is 9.79. The molecule has 3 amide bonds. The van der Waals surface area contributed by atoms with Gasteiger partial charge >= 0.3 is 6.09 Å². The summed E-state index contributed by atoms with van der Waals surface area (Å²) in [5.41, 5.74) is 3.17. The molecule has 1 heterocycles. The molecular formula is C24H29N3O4S. The predicted octanol–water partition coefficient (Wildman–Crippen LogP) is 4.80. The summed E-state index contributed by atoms with van der Waals surface area (Å²) in [6, 6.07) is 11.8. The molecule has 1 saturated heterocycles. The topological polar surface area (TPSA) is 87.7 Å². The van der Waals surface area contributed by atoms with E-state index in [0.717, 1.165) is 11.1 Å². The number of nitrogens with one attached hydrogen (secondary N) is 2. The van der Waals surface area contributed by atoms with Gasteiger partial charge in [-0.25, -0.2) is 4.79 Å². The minimum Gasteiger partial charge on any atom is -0.444 e. The summed E-state index contributed by atoms with van der Waals surface area (Å²) in [5, 5.41) is 5.57. The van der Waals surface area contributed by atoms with Crippen molar-refractivity contribution < 1.29 is 19.1 Å². The molecule has 170 valence electrons. The van der Waals surface area contributed by atoms with Gasteiger partial charge in [0.1, 0.15) is 11.6 Å². The van der Waals surface area contributed by atoms with Crippen LogP contribution in [0.25, 0.3) is 0 Å². The molecule has 1 fully saturated rings. The lowest BCUT2D eigenvalue weighted by Crippen LogP contribution is -2.44. The highest BCUT2D eigenvalue weighted by Crippen LogP contribution is 2.26. The van der Waals surface area contributed by atoms with Gasteiger partial charge in [0.2, 0.25) is 5.91 Å². The standard InChI is InChI=1S/C24H29N3O4S/c1-15-9-10-19(11-16(15)2)25-21(28)20-13-32-14-27(20)22(29)17-7-6-8-18(12-17)26-23(30)31-24(3,4)5/h6-12,20H,13-14H2,1-5H3,(H,25,28)(H,26,30). The van der Waals surface area contributed by atoms with Crippen molar-refractivity contribution in [2.75, 3.05) is 22.3 Å². The Morgan fingerprint density at radius 1 is 1.00 bits per heavy atom. The molecule has 3 rings (SSSR count). The van der Waals surface area contributed by atoms with Crippen LogP contribution in [-0.2, 0) is 9.53 Å². The number of aryl methyl sites for hydroxylation is 2. The minimum absolute atomic E-state index is 0.213. The van der Waals surface area contributed by atoms with Crippen molar-refractivity contribution >= 4 is 41.0 Å². The van der Waals surface area contributed by atoms with Crippen LogP contribution in [0.2, 0.25) is 0 Å². The fourth-order valence-corrected chi connectivity index (χ4v) is 4.38. The number of nitrogens with zero attached hydrogens (tertiary/aromatic N) is 1. The fraction of sp³-hybridized carbons (Fsp3) is 0.375. The van der Waals surface area contributed by atoms with E-state index in [2.05, 4.69) is 10.6 Å². The van der Waals surface area contributed by atoms with Crippen molar-refractivity contribution in [1.82, 2.24) is 4.90 Å². The van der Waals surface area contributed by atoms with Gasteiger partial charge in [-0.3, -0.25) is 14.9 Å². The molecule has 1 aliphatic rings. The maximum Gasteiger partial charge on any atom is 0.412 e. The van der Waals surface area contributed by atoms with Crippen LogP contribution < -0.4 is 10.6 Å². The molecule has 0 bridgehead atoms. The predicted molar refractivity (Wildman–Crippen MR) is 128 cm³/mol. The minimum atomic E-state index is -0.624. The molecule has 0 aromatic heterocycles. The number of thioether (sulfide) groups is 1. The number of anilines is 2. The maximum atomic E-state index is 13.2. The number of carbonyl (C=O) groups is 3. The number of hydrogen-bond acceptors (Lipinski definition) is 5. The number of rotatable bonds is 4. The summed E-state index contributed by atoms with van der Waals surface area (Å²) < 4.78 is 5.26. The Bertz CT molecular complexity index is 1030. The Kier molecular flexibility index (Phi) is 7.13. The third-order valence-electron chi connectivity index (χ3n) is 4.98. The van der Waals surface area contributed by atoms with E-state index in [1.54, 1.807) is 49.9 Å². The quantitative estimate of drug-likeness (QED) is 0.691. The second-order valence-electron chi connectivity index (χ2n) is 8.79. The van der Waals surface area contributed by atoms with Crippen LogP contribution in [0.3, 0.4) is 0 Å². The summed E-state index contributed by atoms with van der Waals surface area (Å²) in [7, 11) is 0. The lowest BCUT2D eigenvalue weighted by Gasteiger charge is -2.23. The van der Waals surface area contributed by atoms with Crippen LogP contribution in [-0.4, -0.2) is 46.1 Å². The van der Waals surface area contributed by atoms with Crippen molar-refractivity contribution in [1.29, 1.82) is 0 Å². The molecular weight excluding hydrogens is 426 g/mol. The molecule has 32 heavy (non-hydrogen) atoms. The van der Waals surface area contributed by atoms with E-state index >= 15 is 0 Å². The molecule has 1 aliphatic heterocycles. The van der Waals surface area contributed by atoms with Gasteiger partial charge in [-0.15, -0.1) is 11.8 Å². The molecule has 2 N–H and O–H groups in total. The molecule has 1 atom stereocenters. The Hall–Kier alpha value is -3.00. The molecule has 7 nitrogen and oxygen atoms in total. The molecule has 2 aromatic carbocycles. The first-order valence-electron chi connectivity index (χ1n) is 10.4. The number of benzene rings is 2. The van der Waals surface area contributed by atoms with Gasteiger partial charge in [0.15, 0.2) is 0 Å². The first-order valence-corrected chi connectivity index (χ1v) is 11.6. The van der Waals surface area contributed by atoms with Crippen molar-refractivity contribution in [3.63, 3.8) is 0 Å². The average Bonchev–Trinajstić information content (AvgIpc) is 3.19. The van der Waals surface area contributed by atoms with Crippen molar-refractivity contribution in [2.24, 2.45) is 0 Å². The fourth-order valence-electron chi connectivity index (χ4n) is 3.22. The lowest BCUT2D eigenvalue weighted by atomic mass is 10.1. The van der Waals surface area contributed by atoms with E-state index in [4.69, 9.17) is 4.74 Å². The first kappa shape index (κ1) is 23.7. The molecule has 1 unspecified atom stereocenters. The van der Waals surface area contributed by atoms with Gasteiger partial charge in [-0.05, 0) is 76.1 Å². The highest BCUT2D eigenvalue weighted by Gasteiger charge is 2.35. The summed E-state index contributed by atoms with van der Waals surface area (Å²) in [5.74, 6) is 0.476. The zero-order valence-corrected chi connectivity index (χ0v) is 19.8. The zero-order chi connectivity index (χ0) is 23.5. The summed E-state index contributed by atoms with van der Waals surface area (Å²) in [6.07, 6.45) is -0.593. The number of hydrogen-bond donors (Lipinski definition) is 2. The molecule has 0 radical (unpaired) electrons. The van der Waals surface area contributed by atoms with Crippen LogP contribution in [0.1, 0.15) is 42.3 Å². The summed E-state index contributed by atoms with van der Waals surface area (Å²) in [4.78, 5) is 39.7. The summed E-state index contributed by atoms with van der Waals surface area (Å²) >= 11 is 1.53. The van der Waals surface area contributed by atoms with E-state index in [1.807, 2.05) is 32.0 Å². The SMILES string of the molecule is Cc1ccc(NC(=O)C2CSCN2C(=O)c2cccc(NC(=O)OC(C)(C)C)c2)cc1C. The van der Waals surface area contributed by atoms with E-state index in [0.29, 0.717) is 28.6 Å². The van der Waals surface area contributed by atoms with Crippen molar-refractivity contribution in [3.8, 4) is 0 Å². The van der Waals surface area contributed by atoms with Gasteiger partial charge in [-0.1, -0.05) is 12.1 Å². The zero-order valence-electron chi connectivity index (χ0n) is 19.0. The smallest absolute Gasteiger partial charge is 0.412 e. The Labute approximate surface area is 192 Å². The number of carbonyl (C=O) groups excluding carboxylic acids is 3. The molecule has 0 spiro atoms. The van der Waals surface area contributed by atoms with Crippen LogP contribution >= 0.6 is 11.8 Å². The van der Waals surface area contributed by atoms with Gasteiger partial charge in [0.05, 0.1) is 5.88 Å². The monoisotopic (exact) mass is 455 g/mol. The molecule has 2 aromatic rings. The summed E-state index contributed by atoms with van der Waals surface area (Å²) in [6.45, 7) is 9.34.